The third kappa shape index (κ3) is 3.38. The summed E-state index contributed by atoms with van der Waals surface area (Å²) in [6.07, 6.45) is 3.84. The number of hydrogen-bond donors (Lipinski definition) is 0. The van der Waals surface area contributed by atoms with Gasteiger partial charge in [0.15, 0.2) is 0 Å². The predicted molar refractivity (Wildman–Crippen MR) is 95.7 cm³/mol. The summed E-state index contributed by atoms with van der Waals surface area (Å²) in [5.74, 6) is -0.169. The van der Waals surface area contributed by atoms with Gasteiger partial charge in [-0.05, 0) is 31.6 Å². The lowest BCUT2D eigenvalue weighted by molar-refractivity contribution is -0.134. The zero-order valence-corrected chi connectivity index (χ0v) is 14.3. The van der Waals surface area contributed by atoms with Gasteiger partial charge in [-0.3, -0.25) is 9.59 Å². The van der Waals surface area contributed by atoms with E-state index in [4.69, 9.17) is 0 Å². The highest BCUT2D eigenvalue weighted by atomic mass is 32.1. The highest BCUT2D eigenvalue weighted by molar-refractivity contribution is 7.07. The Morgan fingerprint density at radius 3 is 2.88 bits per heavy atom. The molecule has 0 saturated carbocycles. The SMILES string of the molecule is CCN(C(=O)/C=C/c1cscn1)[C@@H]1CCN(c2ccccc2)C1=O. The van der Waals surface area contributed by atoms with Crippen LogP contribution in [-0.4, -0.2) is 40.8 Å². The Hall–Kier alpha value is -2.47. The minimum atomic E-state index is -0.400. The van der Waals surface area contributed by atoms with Crippen molar-refractivity contribution in [3.05, 3.63) is 53.0 Å². The van der Waals surface area contributed by atoms with Crippen LogP contribution in [0.1, 0.15) is 19.0 Å². The second kappa shape index (κ2) is 7.40. The Morgan fingerprint density at radius 2 is 2.21 bits per heavy atom. The van der Waals surface area contributed by atoms with Gasteiger partial charge in [-0.1, -0.05) is 18.2 Å². The van der Waals surface area contributed by atoms with Gasteiger partial charge in [0.05, 0.1) is 11.2 Å². The summed E-state index contributed by atoms with van der Waals surface area (Å²) in [6, 6.07) is 9.18. The summed E-state index contributed by atoms with van der Waals surface area (Å²) >= 11 is 1.48. The van der Waals surface area contributed by atoms with E-state index in [0.717, 1.165) is 11.4 Å². The van der Waals surface area contributed by atoms with Crippen LogP contribution in [0.3, 0.4) is 0 Å². The molecule has 2 heterocycles. The minimum Gasteiger partial charge on any atom is -0.327 e. The van der Waals surface area contributed by atoms with E-state index in [-0.39, 0.29) is 11.8 Å². The van der Waals surface area contributed by atoms with E-state index in [1.807, 2.05) is 42.6 Å². The van der Waals surface area contributed by atoms with Crippen LogP contribution in [0.25, 0.3) is 6.08 Å². The molecule has 1 fully saturated rings. The first-order chi connectivity index (χ1) is 11.7. The van der Waals surface area contributed by atoms with Gasteiger partial charge in [-0.25, -0.2) is 4.98 Å². The van der Waals surface area contributed by atoms with E-state index in [9.17, 15) is 9.59 Å². The lowest BCUT2D eigenvalue weighted by Crippen LogP contribution is -2.44. The average Bonchev–Trinajstić information content (AvgIpc) is 3.25. The van der Waals surface area contributed by atoms with Crippen molar-refractivity contribution < 1.29 is 9.59 Å². The van der Waals surface area contributed by atoms with Crippen LogP contribution in [0, 0.1) is 0 Å². The molecule has 0 aliphatic carbocycles. The topological polar surface area (TPSA) is 53.5 Å². The smallest absolute Gasteiger partial charge is 0.249 e. The van der Waals surface area contributed by atoms with Crippen molar-refractivity contribution in [2.45, 2.75) is 19.4 Å². The molecule has 5 nitrogen and oxygen atoms in total. The zero-order chi connectivity index (χ0) is 16.9. The van der Waals surface area contributed by atoms with Gasteiger partial charge >= 0.3 is 0 Å². The first kappa shape index (κ1) is 16.4. The molecule has 0 spiro atoms. The van der Waals surface area contributed by atoms with Crippen molar-refractivity contribution in [2.75, 3.05) is 18.0 Å². The number of amides is 2. The molecule has 6 heteroatoms. The van der Waals surface area contributed by atoms with Crippen molar-refractivity contribution in [1.29, 1.82) is 0 Å². The molecule has 0 unspecified atom stereocenters. The largest absolute Gasteiger partial charge is 0.327 e. The quantitative estimate of drug-likeness (QED) is 0.786. The minimum absolute atomic E-state index is 0.0153. The molecular weight excluding hydrogens is 322 g/mol. The lowest BCUT2D eigenvalue weighted by Gasteiger charge is -2.25. The fraction of sp³-hybridized carbons (Fsp3) is 0.278. The zero-order valence-electron chi connectivity index (χ0n) is 13.5. The average molecular weight is 341 g/mol. The van der Waals surface area contributed by atoms with Crippen molar-refractivity contribution in [2.24, 2.45) is 0 Å². The third-order valence-electron chi connectivity index (χ3n) is 4.09. The molecule has 24 heavy (non-hydrogen) atoms. The molecule has 0 radical (unpaired) electrons. The molecular formula is C18H19N3O2S. The van der Waals surface area contributed by atoms with Crippen LogP contribution >= 0.6 is 11.3 Å². The number of likely N-dealkylation sites (N-methyl/N-ethyl adjacent to an activating group) is 1. The molecule has 2 aromatic rings. The van der Waals surface area contributed by atoms with Crippen LogP contribution in [0.2, 0.25) is 0 Å². The first-order valence-corrected chi connectivity index (χ1v) is 8.88. The number of nitrogens with zero attached hydrogens (tertiary/aromatic N) is 3. The molecule has 124 valence electrons. The number of aromatic nitrogens is 1. The molecule has 1 aliphatic rings. The molecule has 1 atom stereocenters. The van der Waals surface area contributed by atoms with E-state index in [2.05, 4.69) is 4.98 Å². The van der Waals surface area contributed by atoms with Crippen molar-refractivity contribution in [3.8, 4) is 0 Å². The normalized spacial score (nSPS) is 17.6. The number of hydrogen-bond acceptors (Lipinski definition) is 4. The second-order valence-electron chi connectivity index (χ2n) is 5.50. The predicted octanol–water partition coefficient (Wildman–Crippen LogP) is 2.81. The highest BCUT2D eigenvalue weighted by Crippen LogP contribution is 2.24. The molecule has 1 saturated heterocycles. The van der Waals surface area contributed by atoms with Crippen molar-refractivity contribution in [3.63, 3.8) is 0 Å². The number of carbonyl (C=O) groups is 2. The van der Waals surface area contributed by atoms with E-state index in [0.29, 0.717) is 19.5 Å². The van der Waals surface area contributed by atoms with Gasteiger partial charge in [0.2, 0.25) is 11.8 Å². The third-order valence-corrected chi connectivity index (χ3v) is 4.70. The maximum atomic E-state index is 12.7. The van der Waals surface area contributed by atoms with Crippen molar-refractivity contribution in [1.82, 2.24) is 9.88 Å². The summed E-state index contributed by atoms with van der Waals surface area (Å²) in [5.41, 5.74) is 3.36. The summed E-state index contributed by atoms with van der Waals surface area (Å²) in [4.78, 5) is 32.7. The highest BCUT2D eigenvalue weighted by Gasteiger charge is 2.37. The standard InChI is InChI=1S/C18H19N3O2S/c1-2-20(17(22)9-8-14-12-24-13-19-14)16-10-11-21(18(16)23)15-6-4-3-5-7-15/h3-9,12-13,16H,2,10-11H2,1H3/b9-8+/t16-/m1/s1. The molecule has 0 bridgehead atoms. The Kier molecular flexibility index (Phi) is 5.05. The molecule has 1 aromatic heterocycles. The monoisotopic (exact) mass is 341 g/mol. The molecule has 3 rings (SSSR count). The Morgan fingerprint density at radius 1 is 1.42 bits per heavy atom. The summed E-state index contributed by atoms with van der Waals surface area (Å²) in [5, 5.41) is 1.87. The van der Waals surface area contributed by atoms with Gasteiger partial charge in [0, 0.05) is 30.2 Å². The van der Waals surface area contributed by atoms with Crippen molar-refractivity contribution >= 4 is 34.9 Å². The Bertz CT molecular complexity index is 728. The number of rotatable bonds is 5. The number of carbonyl (C=O) groups excluding carboxylic acids is 2. The number of para-hydroxylation sites is 1. The Labute approximate surface area is 145 Å². The molecule has 1 aliphatic heterocycles. The summed E-state index contributed by atoms with van der Waals surface area (Å²) in [6.45, 7) is 3.03. The molecule has 0 N–H and O–H groups in total. The Balaban J connectivity index is 1.72. The van der Waals surface area contributed by atoms with Gasteiger partial charge in [0.25, 0.3) is 0 Å². The number of thiazole rings is 1. The fourth-order valence-electron chi connectivity index (χ4n) is 2.90. The van der Waals surface area contributed by atoms with Gasteiger partial charge in [-0.15, -0.1) is 11.3 Å². The first-order valence-electron chi connectivity index (χ1n) is 7.94. The molecule has 1 aromatic carbocycles. The maximum Gasteiger partial charge on any atom is 0.249 e. The van der Waals surface area contributed by atoms with Crippen LogP contribution in [-0.2, 0) is 9.59 Å². The number of benzene rings is 1. The van der Waals surface area contributed by atoms with E-state index >= 15 is 0 Å². The fourth-order valence-corrected chi connectivity index (χ4v) is 3.43. The lowest BCUT2D eigenvalue weighted by atomic mass is 10.2. The second-order valence-corrected chi connectivity index (χ2v) is 6.22. The van der Waals surface area contributed by atoms with Crippen LogP contribution < -0.4 is 4.90 Å². The van der Waals surface area contributed by atoms with E-state index in [1.54, 1.807) is 21.4 Å². The number of anilines is 1. The summed E-state index contributed by atoms with van der Waals surface area (Å²) < 4.78 is 0. The van der Waals surface area contributed by atoms with Crippen LogP contribution in [0.5, 0.6) is 0 Å². The van der Waals surface area contributed by atoms with Gasteiger partial charge < -0.3 is 9.80 Å². The van der Waals surface area contributed by atoms with E-state index in [1.165, 1.54) is 17.4 Å². The van der Waals surface area contributed by atoms with Gasteiger partial charge in [-0.2, -0.15) is 0 Å². The van der Waals surface area contributed by atoms with Crippen LogP contribution in [0.4, 0.5) is 5.69 Å². The summed E-state index contributed by atoms with van der Waals surface area (Å²) in [7, 11) is 0. The van der Waals surface area contributed by atoms with Crippen LogP contribution in [0.15, 0.2) is 47.3 Å². The maximum absolute atomic E-state index is 12.7. The molecule has 2 amide bonds. The van der Waals surface area contributed by atoms with E-state index < -0.39 is 6.04 Å². The van der Waals surface area contributed by atoms with Gasteiger partial charge in [0.1, 0.15) is 6.04 Å².